The summed E-state index contributed by atoms with van der Waals surface area (Å²) in [5, 5.41) is 2.94. The second-order valence-corrected chi connectivity index (χ2v) is 12.5. The minimum absolute atomic E-state index is 0. The van der Waals surface area contributed by atoms with Crippen molar-refractivity contribution in [3.63, 3.8) is 0 Å². The fourth-order valence-corrected chi connectivity index (χ4v) is 4.70. The molecule has 1 aliphatic rings. The third-order valence-electron chi connectivity index (χ3n) is 6.57. The number of hydrogen-bond acceptors (Lipinski definition) is 8. The number of carbonyl (C=O) groups excluding carboxylic acids is 4. The summed E-state index contributed by atoms with van der Waals surface area (Å²) >= 11 is 0. The average molecular weight is 832 g/mol. The number of amides is 1. The van der Waals surface area contributed by atoms with E-state index in [1.807, 2.05) is 62.3 Å². The van der Waals surface area contributed by atoms with E-state index in [1.54, 1.807) is 0 Å². The number of ketones is 3. The molecule has 248 valence electrons. The third kappa shape index (κ3) is 18.0. The number of nitrogens with one attached hydrogen (secondary N) is 1. The molecule has 0 bridgehead atoms. The smallest absolute Gasteiger partial charge is 0.223 e. The topological polar surface area (TPSA) is 117 Å². The quantitative estimate of drug-likeness (QED) is 0.121. The number of carbonyl (C=O) groups is 4. The van der Waals surface area contributed by atoms with Crippen LogP contribution in [0.1, 0.15) is 115 Å². The second kappa shape index (κ2) is 20.3. The zero-order chi connectivity index (χ0) is 31.8. The van der Waals surface area contributed by atoms with Crippen LogP contribution in [-0.4, -0.2) is 73.5 Å². The Labute approximate surface area is 249 Å². The number of hydrogen-bond donors (Lipinski definition) is 1. The fourth-order valence-electron chi connectivity index (χ4n) is 4.70. The summed E-state index contributed by atoms with van der Waals surface area (Å²) in [6.07, 6.45) is 3.74. The Morgan fingerprint density at radius 3 is 1.79 bits per heavy atom. The van der Waals surface area contributed by atoms with Gasteiger partial charge in [0.15, 0.2) is 0 Å². The summed E-state index contributed by atoms with van der Waals surface area (Å²) < 4.78 is 23.4. The summed E-state index contributed by atoms with van der Waals surface area (Å²) in [5.74, 6) is 0.0989. The van der Waals surface area contributed by atoms with Gasteiger partial charge in [0, 0.05) is 24.9 Å². The first-order valence-electron chi connectivity index (χ1n) is 15.2. The Morgan fingerprint density at radius 2 is 1.36 bits per heavy atom. The molecule has 0 unspecified atom stereocenters. The van der Waals surface area contributed by atoms with Gasteiger partial charge in [0.1, 0.15) is 17.3 Å². The van der Waals surface area contributed by atoms with Crippen LogP contribution < -0.4 is 5.32 Å². The molecule has 1 fully saturated rings. The van der Waals surface area contributed by atoms with E-state index in [0.29, 0.717) is 19.3 Å². The molecule has 1 aliphatic carbocycles. The van der Waals surface area contributed by atoms with Gasteiger partial charge in [-0.05, 0) is 46.0 Å². The van der Waals surface area contributed by atoms with Crippen molar-refractivity contribution in [2.24, 2.45) is 11.3 Å². The molecule has 0 aliphatic heterocycles. The SMILES string of the molecule is CC.CC(=O)CCOCC(COCCC(C)=O)NC(=O)CC(C)(C)OC1CC(O[C-](C)CC(C)(C)C(=O)C(C)C)C1.[Cm]. The van der Waals surface area contributed by atoms with Gasteiger partial charge in [-0.2, -0.15) is 13.0 Å². The normalized spacial score (nSPS) is 16.8. The Bertz CT molecular complexity index is 786. The molecule has 9 nitrogen and oxygen atoms in total. The Hall–Kier alpha value is -2.68. The first kappa shape index (κ1) is 41.5. The van der Waals surface area contributed by atoms with Gasteiger partial charge in [-0.15, -0.1) is 6.42 Å². The first-order valence-corrected chi connectivity index (χ1v) is 15.2. The van der Waals surface area contributed by atoms with Crippen LogP contribution in [0.15, 0.2) is 0 Å². The monoisotopic (exact) mass is 827 g/mol. The van der Waals surface area contributed by atoms with E-state index in [2.05, 4.69) is 5.32 Å². The van der Waals surface area contributed by atoms with E-state index in [-0.39, 0.29) is 74.2 Å². The van der Waals surface area contributed by atoms with E-state index in [4.69, 9.17) is 18.9 Å². The van der Waals surface area contributed by atoms with Crippen LogP contribution in [0.2, 0.25) is 0 Å². The first-order chi connectivity index (χ1) is 19.0. The van der Waals surface area contributed by atoms with Crippen molar-refractivity contribution in [1.29, 1.82) is 0 Å². The average Bonchev–Trinajstić information content (AvgIpc) is 2.82. The van der Waals surface area contributed by atoms with Crippen LogP contribution in [0.25, 0.3) is 0 Å². The van der Waals surface area contributed by atoms with Gasteiger partial charge in [-0.25, -0.2) is 0 Å². The molecule has 0 radical (unpaired) electrons. The molecule has 42 heavy (non-hydrogen) atoms. The molecule has 0 atom stereocenters. The predicted molar refractivity (Wildman–Crippen MR) is 160 cm³/mol. The number of Topliss-reactive ketones (excluding diaryl/α,β-unsaturated/α-hetero) is 3. The van der Waals surface area contributed by atoms with Crippen molar-refractivity contribution < 1.29 is 38.1 Å². The van der Waals surface area contributed by atoms with E-state index in [9.17, 15) is 19.2 Å². The van der Waals surface area contributed by atoms with Crippen molar-refractivity contribution in [3.8, 4) is 0 Å². The van der Waals surface area contributed by atoms with E-state index in [1.165, 1.54) is 13.8 Å². The molecule has 1 saturated carbocycles. The molecular weight excluding hydrogens is 773 g/mol. The fraction of sp³-hybridized carbons (Fsp3) is 0.844. The third-order valence-corrected chi connectivity index (χ3v) is 6.57. The molecule has 1 amide bonds. The molecule has 0 heterocycles. The zero-order valence-corrected chi connectivity index (χ0v) is 30.9. The van der Waals surface area contributed by atoms with Crippen LogP contribution in [0.5, 0.6) is 0 Å². The van der Waals surface area contributed by atoms with E-state index < -0.39 is 17.1 Å². The molecule has 1 rings (SSSR count). The van der Waals surface area contributed by atoms with E-state index >= 15 is 0 Å². The minimum atomic E-state index is -0.681. The van der Waals surface area contributed by atoms with Gasteiger partial charge < -0.3 is 24.3 Å². The van der Waals surface area contributed by atoms with Crippen LogP contribution in [-0.2, 0) is 38.1 Å². The predicted octanol–water partition coefficient (Wildman–Crippen LogP) is 5.41. The summed E-state index contributed by atoms with van der Waals surface area (Å²) in [7, 11) is 0. The zero-order valence-electron chi connectivity index (χ0n) is 28.0. The standard InChI is InChI=1S/C30H52NO8.C2H6.Cm/c1-20(2)28(35)29(6,7)16-23(5)38-25-14-26(15-25)39-30(8,9)17-27(34)31-24(18-36-12-10-21(3)32)19-37-13-11-22(4)33;1-2;/h20,24-26H,10-19H2,1-9H3,(H,31,34);1-2H3;/q-1;;. The maximum absolute atomic E-state index is 12.8. The minimum Gasteiger partial charge on any atom is -0.547 e. The molecule has 1 N–H and O–H groups in total. The Kier molecular flexibility index (Phi) is 20.0. The van der Waals surface area contributed by atoms with Gasteiger partial charge in [0.25, 0.3) is 0 Å². The molecule has 0 spiro atoms. The summed E-state index contributed by atoms with van der Waals surface area (Å²) in [6.45, 7) is 21.4. The molecule has 0 aromatic carbocycles. The van der Waals surface area contributed by atoms with Crippen molar-refractivity contribution in [3.05, 3.63) is 6.10 Å². The maximum Gasteiger partial charge on any atom is 0.223 e. The Morgan fingerprint density at radius 1 is 0.881 bits per heavy atom. The number of ether oxygens (including phenoxy) is 4. The van der Waals surface area contributed by atoms with Crippen LogP contribution in [0.4, 0.5) is 0 Å². The largest absolute Gasteiger partial charge is 0.547 e. The molecule has 0 aromatic heterocycles. The van der Waals surface area contributed by atoms with Gasteiger partial charge >= 0.3 is 0 Å². The maximum atomic E-state index is 12.8. The van der Waals surface area contributed by atoms with Gasteiger partial charge in [0.05, 0.1) is 50.6 Å². The van der Waals surface area contributed by atoms with Crippen molar-refractivity contribution in [2.45, 2.75) is 139 Å². The van der Waals surface area contributed by atoms with Crippen molar-refractivity contribution in [2.75, 3.05) is 26.4 Å². The molecule has 0 saturated heterocycles. The van der Waals surface area contributed by atoms with E-state index in [0.717, 1.165) is 18.9 Å². The van der Waals surface area contributed by atoms with Crippen molar-refractivity contribution in [1.82, 2.24) is 5.32 Å². The molecule has 0 aromatic rings. The number of rotatable bonds is 21. The van der Waals surface area contributed by atoms with Gasteiger partial charge in [0.2, 0.25) is 5.91 Å². The van der Waals surface area contributed by atoms with Crippen molar-refractivity contribution >= 4 is 23.3 Å². The summed E-state index contributed by atoms with van der Waals surface area (Å²) in [6, 6.07) is -0.404. The summed E-state index contributed by atoms with van der Waals surface area (Å²) in [5.41, 5.74) is -1.14. The van der Waals surface area contributed by atoms with Gasteiger partial charge in [-0.3, -0.25) is 19.2 Å². The van der Waals surface area contributed by atoms with Gasteiger partial charge in [-0.1, -0.05) is 41.5 Å². The molecule has 10 heteroatoms. The Balaban J connectivity index is 0. The molecular formula is C32H58CmNO8-. The second-order valence-electron chi connectivity index (χ2n) is 12.5. The van der Waals surface area contributed by atoms with Crippen LogP contribution in [0, 0.1) is 17.4 Å². The summed E-state index contributed by atoms with van der Waals surface area (Å²) in [4.78, 5) is 47.6. The van der Waals surface area contributed by atoms with Crippen LogP contribution in [0.3, 0.4) is 0 Å². The van der Waals surface area contributed by atoms with Crippen LogP contribution >= 0.6 is 0 Å².